The predicted octanol–water partition coefficient (Wildman–Crippen LogP) is 5.75. The van der Waals surface area contributed by atoms with Gasteiger partial charge in [0.15, 0.2) is 0 Å². The molecule has 2 rings (SSSR count). The molecule has 2 heteroatoms. The van der Waals surface area contributed by atoms with Crippen LogP contribution in [0.5, 0.6) is 0 Å². The lowest BCUT2D eigenvalue weighted by molar-refractivity contribution is 0.543. The van der Waals surface area contributed by atoms with Gasteiger partial charge in [-0.15, -0.1) is 0 Å². The Morgan fingerprint density at radius 2 is 1.11 bits per heavy atom. The summed E-state index contributed by atoms with van der Waals surface area (Å²) in [5.41, 5.74) is 2.90. The molecule has 0 spiro atoms. The van der Waals surface area contributed by atoms with Crippen molar-refractivity contribution in [3.8, 4) is 0 Å². The normalized spacial score (nSPS) is 11.2. The van der Waals surface area contributed by atoms with Crippen LogP contribution in [0, 0.1) is 0 Å². The van der Waals surface area contributed by atoms with Gasteiger partial charge in [-0.25, -0.2) is 0 Å². The van der Waals surface area contributed by atoms with Gasteiger partial charge in [-0.1, -0.05) is 93.3 Å². The van der Waals surface area contributed by atoms with Gasteiger partial charge in [-0.2, -0.15) is 0 Å². The first kappa shape index (κ1) is 21.7. The lowest BCUT2D eigenvalue weighted by Gasteiger charge is -2.18. The standard InChI is InChI=1S/C25H38N2/c1-2-26-21-14-22-27-20-13-5-3-4-12-19-25(23-15-8-6-9-16-23)24-17-10-7-11-18-24/h6-11,15-18,25-27H,2-5,12-14,19-22H2,1H3. The van der Waals surface area contributed by atoms with E-state index in [-0.39, 0.29) is 0 Å². The molecule has 0 bridgehead atoms. The van der Waals surface area contributed by atoms with E-state index in [1.165, 1.54) is 62.6 Å². The van der Waals surface area contributed by atoms with Crippen molar-refractivity contribution >= 4 is 0 Å². The highest BCUT2D eigenvalue weighted by Crippen LogP contribution is 2.29. The van der Waals surface area contributed by atoms with Gasteiger partial charge in [-0.3, -0.25) is 0 Å². The number of hydrogen-bond acceptors (Lipinski definition) is 2. The van der Waals surface area contributed by atoms with E-state index in [9.17, 15) is 0 Å². The molecule has 0 aliphatic heterocycles. The molecule has 0 unspecified atom stereocenters. The second kappa shape index (κ2) is 14.4. The van der Waals surface area contributed by atoms with Gasteiger partial charge in [0.25, 0.3) is 0 Å². The van der Waals surface area contributed by atoms with Crippen molar-refractivity contribution in [1.29, 1.82) is 0 Å². The van der Waals surface area contributed by atoms with Crippen LogP contribution in [-0.4, -0.2) is 26.2 Å². The third-order valence-corrected chi connectivity index (χ3v) is 5.21. The summed E-state index contributed by atoms with van der Waals surface area (Å²) in [6, 6.07) is 22.0. The van der Waals surface area contributed by atoms with Gasteiger partial charge in [0, 0.05) is 5.92 Å². The summed E-state index contributed by atoms with van der Waals surface area (Å²) in [6.45, 7) is 6.68. The zero-order valence-electron chi connectivity index (χ0n) is 17.1. The lowest BCUT2D eigenvalue weighted by Crippen LogP contribution is -2.22. The van der Waals surface area contributed by atoms with E-state index in [2.05, 4.69) is 78.2 Å². The zero-order valence-corrected chi connectivity index (χ0v) is 17.1. The van der Waals surface area contributed by atoms with Crippen molar-refractivity contribution in [3.05, 3.63) is 71.8 Å². The summed E-state index contributed by atoms with van der Waals surface area (Å²) in [6.07, 6.45) is 9.14. The van der Waals surface area contributed by atoms with Crippen molar-refractivity contribution in [2.24, 2.45) is 0 Å². The Morgan fingerprint density at radius 1 is 0.593 bits per heavy atom. The first-order chi connectivity index (χ1) is 13.4. The van der Waals surface area contributed by atoms with Crippen LogP contribution in [0.25, 0.3) is 0 Å². The molecule has 2 nitrogen and oxygen atoms in total. The molecule has 2 aromatic carbocycles. The van der Waals surface area contributed by atoms with Gasteiger partial charge in [0.2, 0.25) is 0 Å². The Labute approximate surface area is 166 Å². The average molecular weight is 367 g/mol. The smallest absolute Gasteiger partial charge is 0.00893 e. The van der Waals surface area contributed by atoms with Crippen molar-refractivity contribution < 1.29 is 0 Å². The van der Waals surface area contributed by atoms with Crippen LogP contribution in [-0.2, 0) is 0 Å². The molecule has 0 saturated carbocycles. The molecule has 0 heterocycles. The summed E-state index contributed by atoms with van der Waals surface area (Å²) in [5.74, 6) is 0.533. The lowest BCUT2D eigenvalue weighted by atomic mass is 9.87. The third kappa shape index (κ3) is 9.21. The molecular weight excluding hydrogens is 328 g/mol. The number of unbranched alkanes of at least 4 members (excludes halogenated alkanes) is 4. The molecule has 2 aromatic rings. The van der Waals surface area contributed by atoms with Crippen LogP contribution in [0.2, 0.25) is 0 Å². The summed E-state index contributed by atoms with van der Waals surface area (Å²) in [4.78, 5) is 0. The molecular formula is C25H38N2. The van der Waals surface area contributed by atoms with Crippen molar-refractivity contribution in [1.82, 2.24) is 10.6 Å². The molecule has 0 saturated heterocycles. The van der Waals surface area contributed by atoms with Gasteiger partial charge < -0.3 is 10.6 Å². The van der Waals surface area contributed by atoms with E-state index in [1.807, 2.05) is 0 Å². The zero-order chi connectivity index (χ0) is 19.0. The summed E-state index contributed by atoms with van der Waals surface area (Å²) < 4.78 is 0. The molecule has 27 heavy (non-hydrogen) atoms. The fraction of sp³-hybridized carbons (Fsp3) is 0.520. The number of rotatable bonds is 15. The van der Waals surface area contributed by atoms with Crippen LogP contribution >= 0.6 is 0 Å². The maximum Gasteiger partial charge on any atom is 0.00893 e. The quantitative estimate of drug-likeness (QED) is 0.392. The SMILES string of the molecule is CCNCCCNCCCCCCCC(c1ccccc1)c1ccccc1. The average Bonchev–Trinajstić information content (AvgIpc) is 2.73. The Balaban J connectivity index is 1.60. The van der Waals surface area contributed by atoms with E-state index in [0.717, 1.165) is 19.6 Å². The second-order valence-electron chi connectivity index (χ2n) is 7.39. The third-order valence-electron chi connectivity index (χ3n) is 5.21. The topological polar surface area (TPSA) is 24.1 Å². The highest BCUT2D eigenvalue weighted by atomic mass is 14.9. The van der Waals surface area contributed by atoms with Crippen molar-refractivity contribution in [3.63, 3.8) is 0 Å². The van der Waals surface area contributed by atoms with Crippen LogP contribution in [0.15, 0.2) is 60.7 Å². The van der Waals surface area contributed by atoms with Gasteiger partial charge in [-0.05, 0) is 56.6 Å². The predicted molar refractivity (Wildman–Crippen MR) is 118 cm³/mol. The molecule has 0 aliphatic carbocycles. The van der Waals surface area contributed by atoms with Crippen LogP contribution in [0.3, 0.4) is 0 Å². The van der Waals surface area contributed by atoms with Crippen molar-refractivity contribution in [2.45, 2.75) is 57.8 Å². The monoisotopic (exact) mass is 366 g/mol. The van der Waals surface area contributed by atoms with E-state index in [4.69, 9.17) is 0 Å². The van der Waals surface area contributed by atoms with Crippen LogP contribution in [0.1, 0.15) is 68.9 Å². The molecule has 0 aliphatic rings. The molecule has 0 amide bonds. The second-order valence-corrected chi connectivity index (χ2v) is 7.39. The van der Waals surface area contributed by atoms with Crippen LogP contribution in [0.4, 0.5) is 0 Å². The Morgan fingerprint density at radius 3 is 1.74 bits per heavy atom. The van der Waals surface area contributed by atoms with E-state index < -0.39 is 0 Å². The fourth-order valence-corrected chi connectivity index (χ4v) is 3.67. The van der Waals surface area contributed by atoms with E-state index in [0.29, 0.717) is 5.92 Å². The molecule has 0 fully saturated rings. The van der Waals surface area contributed by atoms with Gasteiger partial charge in [0.1, 0.15) is 0 Å². The first-order valence-electron chi connectivity index (χ1n) is 10.9. The summed E-state index contributed by atoms with van der Waals surface area (Å²) in [7, 11) is 0. The molecule has 0 atom stereocenters. The Hall–Kier alpha value is -1.64. The van der Waals surface area contributed by atoms with Crippen LogP contribution < -0.4 is 10.6 Å². The molecule has 0 radical (unpaired) electrons. The summed E-state index contributed by atoms with van der Waals surface area (Å²) in [5, 5.41) is 6.92. The minimum atomic E-state index is 0.533. The Bertz CT molecular complexity index is 528. The minimum absolute atomic E-state index is 0.533. The van der Waals surface area contributed by atoms with E-state index >= 15 is 0 Å². The number of hydrogen-bond donors (Lipinski definition) is 2. The van der Waals surface area contributed by atoms with Crippen molar-refractivity contribution in [2.75, 3.05) is 26.2 Å². The number of nitrogens with one attached hydrogen (secondary N) is 2. The summed E-state index contributed by atoms with van der Waals surface area (Å²) >= 11 is 0. The maximum atomic E-state index is 3.56. The fourth-order valence-electron chi connectivity index (χ4n) is 3.67. The first-order valence-corrected chi connectivity index (χ1v) is 10.9. The Kier molecular flexibility index (Phi) is 11.6. The molecule has 148 valence electrons. The number of benzene rings is 2. The van der Waals surface area contributed by atoms with Gasteiger partial charge in [0.05, 0.1) is 0 Å². The largest absolute Gasteiger partial charge is 0.317 e. The maximum absolute atomic E-state index is 3.56. The highest BCUT2D eigenvalue weighted by Gasteiger charge is 2.13. The van der Waals surface area contributed by atoms with Gasteiger partial charge >= 0.3 is 0 Å². The molecule has 0 aromatic heterocycles. The van der Waals surface area contributed by atoms with E-state index in [1.54, 1.807) is 0 Å². The highest BCUT2D eigenvalue weighted by molar-refractivity contribution is 5.32. The minimum Gasteiger partial charge on any atom is -0.317 e. The molecule has 2 N–H and O–H groups in total.